The molecule has 3 rings (SSSR count). The van der Waals surface area contributed by atoms with Crippen LogP contribution in [-0.2, 0) is 0 Å². The molecule has 2 aromatic rings. The third-order valence-corrected chi connectivity index (χ3v) is 3.15. The fraction of sp³-hybridized carbons (Fsp3) is 0.286. The first-order chi connectivity index (χ1) is 9.25. The summed E-state index contributed by atoms with van der Waals surface area (Å²) in [6, 6.07) is 9.47. The zero-order chi connectivity index (χ0) is 13.2. The van der Waals surface area contributed by atoms with Crippen LogP contribution in [0.3, 0.4) is 0 Å². The van der Waals surface area contributed by atoms with E-state index >= 15 is 0 Å². The van der Waals surface area contributed by atoms with Gasteiger partial charge in [0.1, 0.15) is 0 Å². The Kier molecular flexibility index (Phi) is 2.95. The molecule has 0 unspecified atom stereocenters. The normalized spacial score (nSPS) is 14.5. The van der Waals surface area contributed by atoms with Crippen LogP contribution in [0.25, 0.3) is 0 Å². The van der Waals surface area contributed by atoms with Gasteiger partial charge < -0.3 is 14.7 Å². The summed E-state index contributed by atoms with van der Waals surface area (Å²) in [5.41, 5.74) is 2.58. The molecule has 1 N–H and O–H groups in total. The van der Waals surface area contributed by atoms with Crippen molar-refractivity contribution in [2.75, 3.05) is 23.3 Å². The highest BCUT2D eigenvalue weighted by atomic mass is 16.5. The summed E-state index contributed by atoms with van der Waals surface area (Å²) < 4.78 is 5.07. The number of para-hydroxylation sites is 2. The van der Waals surface area contributed by atoms with Crippen molar-refractivity contribution in [3.8, 4) is 0 Å². The number of benzene rings is 1. The minimum atomic E-state index is -0.142. The van der Waals surface area contributed by atoms with E-state index in [1.807, 2.05) is 24.3 Å². The average Bonchev–Trinajstić information content (AvgIpc) is 2.74. The number of aromatic nitrogens is 1. The van der Waals surface area contributed by atoms with E-state index in [9.17, 15) is 4.79 Å². The predicted molar refractivity (Wildman–Crippen MR) is 72.5 cm³/mol. The van der Waals surface area contributed by atoms with Crippen molar-refractivity contribution in [3.05, 3.63) is 41.8 Å². The Balaban J connectivity index is 1.98. The minimum Gasteiger partial charge on any atom is -0.383 e. The quantitative estimate of drug-likeness (QED) is 0.852. The molecule has 5 nitrogen and oxygen atoms in total. The van der Waals surface area contributed by atoms with E-state index in [1.165, 1.54) is 0 Å². The second kappa shape index (κ2) is 4.76. The first-order valence-electron chi connectivity index (χ1n) is 6.34. The number of carbonyl (C=O) groups is 1. The van der Waals surface area contributed by atoms with Gasteiger partial charge in [-0.05, 0) is 25.5 Å². The van der Waals surface area contributed by atoms with Crippen LogP contribution in [0.1, 0.15) is 22.7 Å². The van der Waals surface area contributed by atoms with Crippen LogP contribution in [0, 0.1) is 6.92 Å². The summed E-state index contributed by atoms with van der Waals surface area (Å²) in [6.45, 7) is 3.33. The number of amides is 1. The van der Waals surface area contributed by atoms with E-state index in [-0.39, 0.29) is 11.7 Å². The first kappa shape index (κ1) is 11.8. The van der Waals surface area contributed by atoms with Gasteiger partial charge in [0.2, 0.25) is 5.76 Å². The molecular formula is C14H15N3O2. The molecule has 1 amide bonds. The molecule has 1 aromatic heterocycles. The number of nitrogens with zero attached hydrogens (tertiary/aromatic N) is 2. The Labute approximate surface area is 111 Å². The summed E-state index contributed by atoms with van der Waals surface area (Å²) in [6.07, 6.45) is 0.896. The zero-order valence-electron chi connectivity index (χ0n) is 10.7. The monoisotopic (exact) mass is 257 g/mol. The molecule has 1 aromatic carbocycles. The van der Waals surface area contributed by atoms with Gasteiger partial charge in [-0.1, -0.05) is 17.3 Å². The summed E-state index contributed by atoms with van der Waals surface area (Å²) >= 11 is 0. The van der Waals surface area contributed by atoms with Gasteiger partial charge in [-0.25, -0.2) is 0 Å². The van der Waals surface area contributed by atoms with Crippen LogP contribution in [0.4, 0.5) is 11.4 Å². The maximum absolute atomic E-state index is 12.5. The summed E-state index contributed by atoms with van der Waals surface area (Å²) in [5, 5.41) is 7.10. The van der Waals surface area contributed by atoms with E-state index < -0.39 is 0 Å². The summed E-state index contributed by atoms with van der Waals surface area (Å²) in [5.74, 6) is 0.144. The molecule has 2 heterocycles. The van der Waals surface area contributed by atoms with Gasteiger partial charge in [-0.2, -0.15) is 0 Å². The maximum Gasteiger partial charge on any atom is 0.296 e. The smallest absolute Gasteiger partial charge is 0.296 e. The topological polar surface area (TPSA) is 58.4 Å². The van der Waals surface area contributed by atoms with E-state index in [2.05, 4.69) is 10.5 Å². The first-order valence-corrected chi connectivity index (χ1v) is 6.34. The van der Waals surface area contributed by atoms with E-state index in [0.29, 0.717) is 12.2 Å². The molecule has 0 saturated heterocycles. The number of anilines is 2. The maximum atomic E-state index is 12.5. The van der Waals surface area contributed by atoms with Gasteiger partial charge in [0.05, 0.1) is 17.1 Å². The Bertz CT molecular complexity index is 606. The van der Waals surface area contributed by atoms with Crippen molar-refractivity contribution >= 4 is 17.3 Å². The van der Waals surface area contributed by atoms with E-state index in [4.69, 9.17) is 4.52 Å². The highest BCUT2D eigenvalue weighted by Crippen LogP contribution is 2.29. The molecule has 1 aliphatic heterocycles. The van der Waals surface area contributed by atoms with Crippen molar-refractivity contribution in [3.63, 3.8) is 0 Å². The molecule has 98 valence electrons. The lowest BCUT2D eigenvalue weighted by molar-refractivity contribution is 0.0951. The third-order valence-electron chi connectivity index (χ3n) is 3.15. The van der Waals surface area contributed by atoms with Crippen molar-refractivity contribution < 1.29 is 9.32 Å². The lowest BCUT2D eigenvalue weighted by Gasteiger charge is -2.20. The SMILES string of the molecule is Cc1cc(C(=O)N2CCCNc3ccccc32)on1. The van der Waals surface area contributed by atoms with Gasteiger partial charge in [-0.3, -0.25) is 4.79 Å². The average molecular weight is 257 g/mol. The molecule has 0 bridgehead atoms. The molecule has 0 fully saturated rings. The number of carbonyl (C=O) groups excluding carboxylic acids is 1. The minimum absolute atomic E-state index is 0.142. The van der Waals surface area contributed by atoms with Crippen LogP contribution >= 0.6 is 0 Å². The van der Waals surface area contributed by atoms with Gasteiger partial charge in [-0.15, -0.1) is 0 Å². The lowest BCUT2D eigenvalue weighted by atomic mass is 10.2. The fourth-order valence-corrected chi connectivity index (χ4v) is 2.25. The van der Waals surface area contributed by atoms with Crippen molar-refractivity contribution in [1.82, 2.24) is 5.16 Å². The molecule has 0 radical (unpaired) electrons. The van der Waals surface area contributed by atoms with Crippen LogP contribution in [0.15, 0.2) is 34.9 Å². The lowest BCUT2D eigenvalue weighted by Crippen LogP contribution is -2.31. The summed E-state index contributed by atoms with van der Waals surface area (Å²) in [7, 11) is 0. The number of aryl methyl sites for hydroxylation is 1. The van der Waals surface area contributed by atoms with Crippen molar-refractivity contribution in [2.24, 2.45) is 0 Å². The Morgan fingerprint density at radius 1 is 1.42 bits per heavy atom. The second-order valence-electron chi connectivity index (χ2n) is 4.59. The largest absolute Gasteiger partial charge is 0.383 e. The summed E-state index contributed by atoms with van der Waals surface area (Å²) in [4.78, 5) is 14.2. The molecular weight excluding hydrogens is 242 g/mol. The van der Waals surface area contributed by atoms with Crippen LogP contribution < -0.4 is 10.2 Å². The van der Waals surface area contributed by atoms with E-state index in [0.717, 1.165) is 24.3 Å². The fourth-order valence-electron chi connectivity index (χ4n) is 2.25. The van der Waals surface area contributed by atoms with Crippen molar-refractivity contribution in [1.29, 1.82) is 0 Å². The van der Waals surface area contributed by atoms with Gasteiger partial charge in [0.25, 0.3) is 5.91 Å². The Morgan fingerprint density at radius 2 is 2.26 bits per heavy atom. The van der Waals surface area contributed by atoms with Crippen LogP contribution in [-0.4, -0.2) is 24.2 Å². The molecule has 19 heavy (non-hydrogen) atoms. The number of nitrogens with one attached hydrogen (secondary N) is 1. The molecule has 0 spiro atoms. The van der Waals surface area contributed by atoms with Gasteiger partial charge in [0.15, 0.2) is 0 Å². The highest BCUT2D eigenvalue weighted by molar-refractivity contribution is 6.06. The van der Waals surface area contributed by atoms with Gasteiger partial charge in [0, 0.05) is 19.2 Å². The zero-order valence-corrected chi connectivity index (χ0v) is 10.7. The standard InChI is InChI=1S/C14H15N3O2/c1-10-9-13(19-16-10)14(18)17-8-4-7-15-11-5-2-3-6-12(11)17/h2-3,5-6,9,15H,4,7-8H2,1H3. The molecule has 0 aliphatic carbocycles. The van der Waals surface area contributed by atoms with Crippen LogP contribution in [0.2, 0.25) is 0 Å². The van der Waals surface area contributed by atoms with Crippen LogP contribution in [0.5, 0.6) is 0 Å². The number of hydrogen-bond acceptors (Lipinski definition) is 4. The van der Waals surface area contributed by atoms with Crippen molar-refractivity contribution in [2.45, 2.75) is 13.3 Å². The molecule has 0 atom stereocenters. The molecule has 1 aliphatic rings. The third kappa shape index (κ3) is 2.19. The molecule has 0 saturated carbocycles. The van der Waals surface area contributed by atoms with E-state index in [1.54, 1.807) is 17.9 Å². The predicted octanol–water partition coefficient (Wildman–Crippen LogP) is 2.45. The Hall–Kier alpha value is -2.30. The highest BCUT2D eigenvalue weighted by Gasteiger charge is 2.24. The number of rotatable bonds is 1. The molecule has 5 heteroatoms. The number of fused-ring (bicyclic) bond motifs is 1. The number of hydrogen-bond donors (Lipinski definition) is 1. The second-order valence-corrected chi connectivity index (χ2v) is 4.59. The van der Waals surface area contributed by atoms with Gasteiger partial charge >= 0.3 is 0 Å². The Morgan fingerprint density at radius 3 is 3.05 bits per heavy atom.